The number of nitrogens with zero attached hydrogens (tertiary/aromatic N) is 4. The third kappa shape index (κ3) is 6.03. The highest BCUT2D eigenvalue weighted by Gasteiger charge is 2.21. The molecule has 2 amide bonds. The van der Waals surface area contributed by atoms with Gasteiger partial charge in [-0.15, -0.1) is 0 Å². The number of piperazine rings is 1. The molecule has 4 N–H and O–H groups in total. The van der Waals surface area contributed by atoms with Crippen molar-refractivity contribution in [1.29, 1.82) is 0 Å². The summed E-state index contributed by atoms with van der Waals surface area (Å²) in [5.41, 5.74) is 2.10. The predicted octanol–water partition coefficient (Wildman–Crippen LogP) is 4.53. The number of halogens is 1. The van der Waals surface area contributed by atoms with Crippen molar-refractivity contribution in [3.05, 3.63) is 41.6 Å². The van der Waals surface area contributed by atoms with E-state index in [9.17, 15) is 4.79 Å². The number of nitrogens with one attached hydrogen (secondary N) is 4. The van der Waals surface area contributed by atoms with Crippen molar-refractivity contribution in [1.82, 2.24) is 25.6 Å². The molecule has 0 saturated carbocycles. The fourth-order valence-corrected chi connectivity index (χ4v) is 4.19. The Morgan fingerprint density at radius 3 is 2.44 bits per heavy atom. The van der Waals surface area contributed by atoms with Gasteiger partial charge in [0.15, 0.2) is 11.5 Å². The maximum absolute atomic E-state index is 12.2. The van der Waals surface area contributed by atoms with Gasteiger partial charge in [-0.2, -0.15) is 4.98 Å². The summed E-state index contributed by atoms with van der Waals surface area (Å²) in [6.07, 6.45) is 1.65. The van der Waals surface area contributed by atoms with Gasteiger partial charge in [-0.25, -0.2) is 14.8 Å². The number of carbonyl (C=O) groups is 1. The number of benzene rings is 1. The molecule has 2 unspecified atom stereocenters. The van der Waals surface area contributed by atoms with Crippen LogP contribution in [0.25, 0.3) is 11.0 Å². The topological polar surface area (TPSA) is 107 Å². The van der Waals surface area contributed by atoms with Crippen LogP contribution in [0.4, 0.5) is 27.9 Å². The molecule has 1 aromatic carbocycles. The molecule has 10 heteroatoms. The van der Waals surface area contributed by atoms with Crippen molar-refractivity contribution < 1.29 is 4.79 Å². The van der Waals surface area contributed by atoms with Crippen molar-refractivity contribution in [3.8, 4) is 0 Å². The van der Waals surface area contributed by atoms with Crippen molar-refractivity contribution in [2.45, 2.75) is 52.2 Å². The zero-order valence-corrected chi connectivity index (χ0v) is 20.9. The lowest BCUT2D eigenvalue weighted by atomic mass is 10.1. The highest BCUT2D eigenvalue weighted by atomic mass is 35.5. The van der Waals surface area contributed by atoms with Crippen LogP contribution in [-0.4, -0.2) is 51.7 Å². The summed E-state index contributed by atoms with van der Waals surface area (Å²) in [6, 6.07) is 10.4. The first kappa shape index (κ1) is 24.0. The van der Waals surface area contributed by atoms with Crippen LogP contribution >= 0.6 is 11.6 Å². The maximum Gasteiger partial charge on any atom is 0.320 e. The molecule has 1 fully saturated rings. The van der Waals surface area contributed by atoms with E-state index in [-0.39, 0.29) is 17.4 Å². The fraction of sp³-hybridized carbons (Fsp3) is 0.417. The first-order valence-electron chi connectivity index (χ1n) is 11.4. The number of rotatable bonds is 4. The molecular weight excluding hydrogens is 452 g/mol. The van der Waals surface area contributed by atoms with E-state index in [0.29, 0.717) is 34.1 Å². The van der Waals surface area contributed by atoms with Crippen LogP contribution in [-0.2, 0) is 0 Å². The van der Waals surface area contributed by atoms with Crippen LogP contribution in [0.3, 0.4) is 0 Å². The summed E-state index contributed by atoms with van der Waals surface area (Å²) in [6.45, 7) is 12.0. The molecule has 0 radical (unpaired) electrons. The Morgan fingerprint density at radius 1 is 1.12 bits per heavy atom. The lowest BCUT2D eigenvalue weighted by Gasteiger charge is -2.37. The first-order valence-corrected chi connectivity index (χ1v) is 11.7. The Balaban J connectivity index is 1.49. The van der Waals surface area contributed by atoms with Crippen molar-refractivity contribution in [3.63, 3.8) is 0 Å². The lowest BCUT2D eigenvalue weighted by Crippen LogP contribution is -2.54. The summed E-state index contributed by atoms with van der Waals surface area (Å²) < 4.78 is 0. The van der Waals surface area contributed by atoms with E-state index in [1.165, 1.54) is 5.69 Å². The average molecular weight is 483 g/mol. The molecule has 0 bridgehead atoms. The molecule has 180 valence electrons. The van der Waals surface area contributed by atoms with Crippen molar-refractivity contribution >= 4 is 51.8 Å². The summed E-state index contributed by atoms with van der Waals surface area (Å²) in [5, 5.41) is 13.3. The van der Waals surface area contributed by atoms with Gasteiger partial charge in [0.05, 0.1) is 5.02 Å². The Kier molecular flexibility index (Phi) is 6.77. The molecule has 3 heterocycles. The maximum atomic E-state index is 12.2. The smallest absolute Gasteiger partial charge is 0.320 e. The number of amides is 2. The van der Waals surface area contributed by atoms with Gasteiger partial charge in [0, 0.05) is 53.7 Å². The minimum atomic E-state index is -0.387. The lowest BCUT2D eigenvalue weighted by molar-refractivity contribution is 0.243. The molecule has 1 saturated heterocycles. The molecular formula is C24H31ClN8O. The number of aromatic nitrogens is 3. The number of carbonyl (C=O) groups excluding carboxylic acids is 1. The number of urea groups is 1. The second-order valence-electron chi connectivity index (χ2n) is 9.80. The van der Waals surface area contributed by atoms with E-state index < -0.39 is 0 Å². The monoisotopic (exact) mass is 482 g/mol. The summed E-state index contributed by atoms with van der Waals surface area (Å²) >= 11 is 6.30. The largest absolute Gasteiger partial charge is 0.368 e. The molecule has 4 rings (SSSR count). The third-order valence-corrected chi connectivity index (χ3v) is 5.58. The standard InChI is InChI=1S/C24H31ClN8O/c1-14-12-33(13-15(2)27-14)18-8-6-17(7-9-18)28-22-26-11-16-10-19(25)21(29-20(16)30-22)31-23(34)32-24(3,4)5/h6-11,14-15,27H,12-13H2,1-5H3,(H3,26,28,29,30,31,32,34). The van der Waals surface area contributed by atoms with Crippen LogP contribution in [0.15, 0.2) is 36.5 Å². The second-order valence-corrected chi connectivity index (χ2v) is 10.2. The number of hydrogen-bond donors (Lipinski definition) is 4. The van der Waals surface area contributed by atoms with Gasteiger partial charge >= 0.3 is 6.03 Å². The third-order valence-electron chi connectivity index (χ3n) is 5.29. The Bertz CT molecular complexity index is 1170. The van der Waals surface area contributed by atoms with Crippen molar-refractivity contribution in [2.75, 3.05) is 28.6 Å². The minimum Gasteiger partial charge on any atom is -0.368 e. The van der Waals surface area contributed by atoms with E-state index in [0.717, 1.165) is 18.8 Å². The number of hydrogen-bond acceptors (Lipinski definition) is 7. The number of fused-ring (bicyclic) bond motifs is 1. The van der Waals surface area contributed by atoms with Crippen LogP contribution in [0.1, 0.15) is 34.6 Å². The average Bonchev–Trinajstić information content (AvgIpc) is 2.73. The van der Waals surface area contributed by atoms with Gasteiger partial charge < -0.3 is 20.9 Å². The number of pyridine rings is 1. The van der Waals surface area contributed by atoms with Gasteiger partial charge in [0.1, 0.15) is 0 Å². The van der Waals surface area contributed by atoms with Crippen molar-refractivity contribution in [2.24, 2.45) is 0 Å². The Morgan fingerprint density at radius 2 is 1.79 bits per heavy atom. The van der Waals surface area contributed by atoms with E-state index >= 15 is 0 Å². The molecule has 1 aliphatic heterocycles. The zero-order valence-electron chi connectivity index (χ0n) is 20.1. The van der Waals surface area contributed by atoms with Crippen LogP contribution in [0.5, 0.6) is 0 Å². The SMILES string of the molecule is CC1CN(c2ccc(Nc3ncc4cc(Cl)c(NC(=O)NC(C)(C)C)nc4n3)cc2)CC(C)N1. The molecule has 1 aliphatic rings. The molecule has 9 nitrogen and oxygen atoms in total. The predicted molar refractivity (Wildman–Crippen MR) is 138 cm³/mol. The summed E-state index contributed by atoms with van der Waals surface area (Å²) in [5.74, 6) is 0.647. The minimum absolute atomic E-state index is 0.240. The van der Waals surface area contributed by atoms with E-state index in [1.807, 2.05) is 32.9 Å². The van der Waals surface area contributed by atoms with Crippen LogP contribution < -0.4 is 26.2 Å². The molecule has 2 atom stereocenters. The first-order chi connectivity index (χ1) is 16.1. The summed E-state index contributed by atoms with van der Waals surface area (Å²) in [4.78, 5) is 27.9. The second kappa shape index (κ2) is 9.60. The molecule has 0 aliphatic carbocycles. The zero-order chi connectivity index (χ0) is 24.5. The molecule has 0 spiro atoms. The number of anilines is 4. The highest BCUT2D eigenvalue weighted by Crippen LogP contribution is 2.26. The van der Waals surface area contributed by atoms with Gasteiger partial charge in [0.25, 0.3) is 0 Å². The molecule has 3 aromatic rings. The van der Waals surface area contributed by atoms with Gasteiger partial charge in [-0.1, -0.05) is 11.6 Å². The van der Waals surface area contributed by atoms with Crippen LogP contribution in [0.2, 0.25) is 5.02 Å². The Labute approximate surface area is 204 Å². The Hall–Kier alpha value is -3.17. The molecule has 34 heavy (non-hydrogen) atoms. The van der Waals surface area contributed by atoms with Gasteiger partial charge in [0.2, 0.25) is 5.95 Å². The normalized spacial score (nSPS) is 18.6. The highest BCUT2D eigenvalue weighted by molar-refractivity contribution is 6.34. The van der Waals surface area contributed by atoms with Gasteiger partial charge in [-0.3, -0.25) is 5.32 Å². The van der Waals surface area contributed by atoms with E-state index in [1.54, 1.807) is 12.3 Å². The van der Waals surface area contributed by atoms with Gasteiger partial charge in [-0.05, 0) is 65.0 Å². The van der Waals surface area contributed by atoms with E-state index in [2.05, 4.69) is 67.1 Å². The van der Waals surface area contributed by atoms with Crippen LogP contribution in [0, 0.1) is 0 Å². The molecule has 2 aromatic heterocycles. The van der Waals surface area contributed by atoms with E-state index in [4.69, 9.17) is 11.6 Å². The quantitative estimate of drug-likeness (QED) is 0.432. The fourth-order valence-electron chi connectivity index (χ4n) is 3.99. The summed E-state index contributed by atoms with van der Waals surface area (Å²) in [7, 11) is 0.